The van der Waals surface area contributed by atoms with E-state index in [4.69, 9.17) is 0 Å². The lowest BCUT2D eigenvalue weighted by Crippen LogP contribution is -3.14. The minimum atomic E-state index is 0.275. The zero-order valence-corrected chi connectivity index (χ0v) is 8.89. The average molecular weight is 173 g/mol. The van der Waals surface area contributed by atoms with Gasteiger partial charge in [0.25, 0.3) is 0 Å². The second-order valence-corrected chi connectivity index (χ2v) is 3.78. The van der Waals surface area contributed by atoms with Crippen molar-refractivity contribution in [3.63, 3.8) is 0 Å². The first kappa shape index (κ1) is 11.9. The summed E-state index contributed by atoms with van der Waals surface area (Å²) in [6.07, 6.45) is 4.33. The van der Waals surface area contributed by atoms with Crippen molar-refractivity contribution in [1.29, 1.82) is 0 Å². The average Bonchev–Trinajstić information content (AvgIpc) is 2.04. The summed E-state index contributed by atoms with van der Waals surface area (Å²) in [5.41, 5.74) is 0. The van der Waals surface area contributed by atoms with Crippen molar-refractivity contribution in [2.24, 2.45) is 0 Å². The molecule has 1 N–H and O–H groups in total. The van der Waals surface area contributed by atoms with Crippen molar-refractivity contribution < 1.29 is 5.06 Å². The minimum absolute atomic E-state index is 0.275. The van der Waals surface area contributed by atoms with E-state index < -0.39 is 0 Å². The van der Waals surface area contributed by atoms with E-state index in [9.17, 15) is 5.21 Å². The molecule has 0 saturated carbocycles. The number of nitrogens with one attached hydrogen (secondary N) is 1. The fourth-order valence-electron chi connectivity index (χ4n) is 1.64. The standard InChI is InChI=1S/C10H23NO/c1-5-7-9(3)11(12)10(4)8-6-2/h9-11H,5-8H2,1-4H3. The molecule has 0 aliphatic carbocycles. The van der Waals surface area contributed by atoms with E-state index in [2.05, 4.69) is 27.7 Å². The van der Waals surface area contributed by atoms with E-state index in [1.807, 2.05) is 0 Å². The maximum atomic E-state index is 11.6. The van der Waals surface area contributed by atoms with Gasteiger partial charge < -0.3 is 10.3 Å². The monoisotopic (exact) mass is 173 g/mol. The first-order chi connectivity index (χ1) is 5.63. The van der Waals surface area contributed by atoms with Crippen LogP contribution < -0.4 is 5.06 Å². The Morgan fingerprint density at radius 3 is 1.58 bits per heavy atom. The van der Waals surface area contributed by atoms with E-state index in [0.717, 1.165) is 25.7 Å². The summed E-state index contributed by atoms with van der Waals surface area (Å²) >= 11 is 0. The molecule has 0 rings (SSSR count). The second-order valence-electron chi connectivity index (χ2n) is 3.78. The van der Waals surface area contributed by atoms with Gasteiger partial charge in [-0.3, -0.25) is 0 Å². The number of hydroxylamine groups is 2. The molecule has 2 unspecified atom stereocenters. The largest absolute Gasteiger partial charge is 0.634 e. The molecule has 12 heavy (non-hydrogen) atoms. The lowest BCUT2D eigenvalue weighted by Gasteiger charge is -2.34. The molecule has 2 nitrogen and oxygen atoms in total. The maximum Gasteiger partial charge on any atom is 0.0845 e. The molecule has 2 atom stereocenters. The van der Waals surface area contributed by atoms with E-state index in [1.165, 1.54) is 0 Å². The summed E-state index contributed by atoms with van der Waals surface area (Å²) in [5, 5.41) is 12.1. The van der Waals surface area contributed by atoms with Crippen LogP contribution >= 0.6 is 0 Å². The molecule has 0 aromatic rings. The molecule has 0 aliphatic rings. The van der Waals surface area contributed by atoms with Crippen LogP contribution in [0.4, 0.5) is 0 Å². The number of hydrogen-bond acceptors (Lipinski definition) is 1. The van der Waals surface area contributed by atoms with Crippen LogP contribution in [-0.2, 0) is 0 Å². The highest BCUT2D eigenvalue weighted by atomic mass is 16.5. The molecule has 0 aromatic carbocycles. The van der Waals surface area contributed by atoms with Crippen molar-refractivity contribution in [3.05, 3.63) is 5.21 Å². The summed E-state index contributed by atoms with van der Waals surface area (Å²) in [6, 6.07) is 0.549. The normalized spacial score (nSPS) is 18.8. The van der Waals surface area contributed by atoms with Gasteiger partial charge in [0.2, 0.25) is 0 Å². The van der Waals surface area contributed by atoms with Gasteiger partial charge in [0.15, 0.2) is 0 Å². The molecule has 74 valence electrons. The first-order valence-electron chi connectivity index (χ1n) is 5.17. The minimum Gasteiger partial charge on any atom is -0.634 e. The van der Waals surface area contributed by atoms with Crippen molar-refractivity contribution in [2.75, 3.05) is 0 Å². The SMILES string of the molecule is CCCC(C)[NH+]([O-])C(C)CCC. The Balaban J connectivity index is 3.73. The van der Waals surface area contributed by atoms with Crippen LogP contribution in [0.15, 0.2) is 0 Å². The van der Waals surface area contributed by atoms with E-state index in [-0.39, 0.29) is 12.1 Å². The fourth-order valence-corrected chi connectivity index (χ4v) is 1.64. The van der Waals surface area contributed by atoms with Gasteiger partial charge in [-0.15, -0.1) is 0 Å². The first-order valence-corrected chi connectivity index (χ1v) is 5.17. The number of hydrogen-bond donors (Lipinski definition) is 1. The maximum absolute atomic E-state index is 11.6. The molecule has 0 spiro atoms. The van der Waals surface area contributed by atoms with Crippen LogP contribution in [0.3, 0.4) is 0 Å². The van der Waals surface area contributed by atoms with Crippen LogP contribution in [0, 0.1) is 5.21 Å². The molecule has 0 amide bonds. The van der Waals surface area contributed by atoms with Gasteiger partial charge in [-0.1, -0.05) is 26.7 Å². The Morgan fingerprint density at radius 1 is 1.00 bits per heavy atom. The van der Waals surface area contributed by atoms with E-state index in [1.54, 1.807) is 0 Å². The topological polar surface area (TPSA) is 27.5 Å². The Morgan fingerprint density at radius 2 is 1.33 bits per heavy atom. The molecule has 0 heterocycles. The predicted octanol–water partition coefficient (Wildman–Crippen LogP) is 1.75. The second kappa shape index (κ2) is 6.44. The Labute approximate surface area is 76.5 Å². The van der Waals surface area contributed by atoms with Crippen molar-refractivity contribution in [3.8, 4) is 0 Å². The third kappa shape index (κ3) is 4.07. The summed E-state index contributed by atoms with van der Waals surface area (Å²) in [4.78, 5) is 0. The highest BCUT2D eigenvalue weighted by Crippen LogP contribution is 1.95. The zero-order chi connectivity index (χ0) is 9.56. The van der Waals surface area contributed by atoms with Gasteiger partial charge in [0.05, 0.1) is 12.1 Å². The van der Waals surface area contributed by atoms with E-state index >= 15 is 0 Å². The van der Waals surface area contributed by atoms with Crippen molar-refractivity contribution in [2.45, 2.75) is 65.5 Å². The number of quaternary nitrogens is 1. The molecule has 0 bridgehead atoms. The third-order valence-corrected chi connectivity index (χ3v) is 2.41. The highest BCUT2D eigenvalue weighted by Gasteiger charge is 2.14. The van der Waals surface area contributed by atoms with Crippen LogP contribution in [0.1, 0.15) is 53.4 Å². The Kier molecular flexibility index (Phi) is 6.39. The van der Waals surface area contributed by atoms with Gasteiger partial charge >= 0.3 is 0 Å². The van der Waals surface area contributed by atoms with Crippen LogP contribution in [0.25, 0.3) is 0 Å². The molecular formula is C10H23NO. The summed E-state index contributed by atoms with van der Waals surface area (Å²) in [6.45, 7) is 8.37. The molecule has 0 aliphatic heterocycles. The van der Waals surface area contributed by atoms with Crippen LogP contribution in [0.5, 0.6) is 0 Å². The Bertz CT molecular complexity index is 94.0. The van der Waals surface area contributed by atoms with Gasteiger partial charge in [-0.2, -0.15) is 0 Å². The predicted molar refractivity (Wildman–Crippen MR) is 53.1 cm³/mol. The quantitative estimate of drug-likeness (QED) is 0.609. The fraction of sp³-hybridized carbons (Fsp3) is 1.00. The highest BCUT2D eigenvalue weighted by molar-refractivity contribution is 4.52. The molecule has 2 heteroatoms. The molecule has 0 saturated heterocycles. The van der Waals surface area contributed by atoms with Gasteiger partial charge in [0, 0.05) is 0 Å². The lowest BCUT2D eigenvalue weighted by atomic mass is 10.1. The number of rotatable bonds is 6. The van der Waals surface area contributed by atoms with Gasteiger partial charge in [0.1, 0.15) is 0 Å². The smallest absolute Gasteiger partial charge is 0.0845 e. The zero-order valence-electron chi connectivity index (χ0n) is 8.89. The summed E-state index contributed by atoms with van der Waals surface area (Å²) in [7, 11) is 0. The van der Waals surface area contributed by atoms with Crippen molar-refractivity contribution in [1.82, 2.24) is 0 Å². The Hall–Kier alpha value is -0.0800. The molecular weight excluding hydrogens is 150 g/mol. The van der Waals surface area contributed by atoms with Gasteiger partial charge in [-0.05, 0) is 26.7 Å². The third-order valence-electron chi connectivity index (χ3n) is 2.41. The van der Waals surface area contributed by atoms with Gasteiger partial charge in [-0.25, -0.2) is 0 Å². The van der Waals surface area contributed by atoms with Crippen LogP contribution in [0.2, 0.25) is 0 Å². The summed E-state index contributed by atoms with van der Waals surface area (Å²) < 4.78 is 0. The van der Waals surface area contributed by atoms with Crippen molar-refractivity contribution >= 4 is 0 Å². The summed E-state index contributed by atoms with van der Waals surface area (Å²) in [5.74, 6) is 0. The molecule has 0 aromatic heterocycles. The van der Waals surface area contributed by atoms with E-state index in [0.29, 0.717) is 5.06 Å². The molecule has 0 fully saturated rings. The molecule has 0 radical (unpaired) electrons. The lowest BCUT2D eigenvalue weighted by molar-refractivity contribution is -0.898. The van der Waals surface area contributed by atoms with Crippen LogP contribution in [-0.4, -0.2) is 12.1 Å².